The second-order valence-electron chi connectivity index (χ2n) is 4.39. The van der Waals surface area contributed by atoms with Gasteiger partial charge in [0.15, 0.2) is 0 Å². The molecule has 92 valence electrons. The molecule has 0 spiro atoms. The summed E-state index contributed by atoms with van der Waals surface area (Å²) in [4.78, 5) is 16.0. The van der Waals surface area contributed by atoms with Crippen LogP contribution in [-0.2, 0) is 0 Å². The number of nitrogens with one attached hydrogen (secondary N) is 2. The molecule has 8 nitrogen and oxygen atoms in total. The maximum Gasteiger partial charge on any atom is 0.295 e. The van der Waals surface area contributed by atoms with Gasteiger partial charge in [-0.3, -0.25) is 9.69 Å². The van der Waals surface area contributed by atoms with Crippen LogP contribution in [0.3, 0.4) is 0 Å². The fraction of sp³-hybridized carbons (Fsp3) is 0.778. The fourth-order valence-corrected chi connectivity index (χ4v) is 2.29. The first-order valence-electron chi connectivity index (χ1n) is 5.82. The highest BCUT2D eigenvalue weighted by Gasteiger charge is 2.36. The lowest BCUT2D eigenvalue weighted by Gasteiger charge is -2.46. The van der Waals surface area contributed by atoms with Crippen LogP contribution in [0.25, 0.3) is 0 Å². The molecule has 0 bridgehead atoms. The Hall–Kier alpha value is -1.54. The maximum absolute atomic E-state index is 11.8. The number of piperazine rings is 1. The second kappa shape index (κ2) is 4.38. The molecule has 0 aromatic carbocycles. The van der Waals surface area contributed by atoms with Crippen molar-refractivity contribution in [2.75, 3.05) is 39.3 Å². The summed E-state index contributed by atoms with van der Waals surface area (Å²) >= 11 is 0. The topological polar surface area (TPSA) is 90.0 Å². The number of aromatic amines is 1. The summed E-state index contributed by atoms with van der Waals surface area (Å²) in [7, 11) is 0. The first-order valence-corrected chi connectivity index (χ1v) is 5.82. The molecule has 0 unspecified atom stereocenters. The van der Waals surface area contributed by atoms with E-state index in [1.165, 1.54) is 0 Å². The highest BCUT2D eigenvalue weighted by atomic mass is 16.2. The van der Waals surface area contributed by atoms with Crippen molar-refractivity contribution in [3.05, 3.63) is 5.82 Å². The van der Waals surface area contributed by atoms with Gasteiger partial charge in [0.1, 0.15) is 0 Å². The van der Waals surface area contributed by atoms with Gasteiger partial charge in [-0.25, -0.2) is 0 Å². The van der Waals surface area contributed by atoms with Crippen molar-refractivity contribution in [3.63, 3.8) is 0 Å². The molecule has 1 aromatic heterocycles. The van der Waals surface area contributed by atoms with E-state index in [0.717, 1.165) is 39.3 Å². The van der Waals surface area contributed by atoms with Crippen LogP contribution in [0.5, 0.6) is 0 Å². The van der Waals surface area contributed by atoms with Crippen molar-refractivity contribution in [3.8, 4) is 0 Å². The standard InChI is InChI=1S/C9H15N7O/c17-9(8-11-13-14-12-8)16-5-7(6-16)15-3-1-10-2-4-15/h7,10H,1-6H2,(H,11,12,13,14). The lowest BCUT2D eigenvalue weighted by Crippen LogP contribution is -2.64. The number of likely N-dealkylation sites (tertiary alicyclic amines) is 1. The van der Waals surface area contributed by atoms with E-state index in [2.05, 4.69) is 30.8 Å². The van der Waals surface area contributed by atoms with Crippen molar-refractivity contribution in [2.24, 2.45) is 0 Å². The Balaban J connectivity index is 1.52. The van der Waals surface area contributed by atoms with E-state index in [4.69, 9.17) is 0 Å². The number of rotatable bonds is 2. The normalized spacial score (nSPS) is 22.5. The van der Waals surface area contributed by atoms with Crippen LogP contribution in [0, 0.1) is 0 Å². The minimum atomic E-state index is -0.134. The van der Waals surface area contributed by atoms with E-state index < -0.39 is 0 Å². The molecule has 3 rings (SSSR count). The molecule has 3 heterocycles. The predicted octanol–water partition coefficient (Wildman–Crippen LogP) is -2.07. The molecule has 2 aliphatic rings. The fourth-order valence-electron chi connectivity index (χ4n) is 2.29. The molecular formula is C9H15N7O. The monoisotopic (exact) mass is 237 g/mol. The number of carbonyl (C=O) groups is 1. The molecule has 0 atom stereocenters. The third-order valence-corrected chi connectivity index (χ3v) is 3.35. The second-order valence-corrected chi connectivity index (χ2v) is 4.39. The van der Waals surface area contributed by atoms with E-state index >= 15 is 0 Å². The minimum Gasteiger partial charge on any atom is -0.333 e. The number of tetrazole rings is 1. The zero-order chi connectivity index (χ0) is 11.7. The van der Waals surface area contributed by atoms with Gasteiger partial charge in [-0.1, -0.05) is 0 Å². The summed E-state index contributed by atoms with van der Waals surface area (Å²) in [6.45, 7) is 5.75. The van der Waals surface area contributed by atoms with Crippen molar-refractivity contribution in [2.45, 2.75) is 6.04 Å². The highest BCUT2D eigenvalue weighted by molar-refractivity contribution is 5.90. The zero-order valence-electron chi connectivity index (χ0n) is 9.46. The van der Waals surface area contributed by atoms with Crippen molar-refractivity contribution in [1.29, 1.82) is 0 Å². The van der Waals surface area contributed by atoms with Crippen LogP contribution >= 0.6 is 0 Å². The summed E-state index contributed by atoms with van der Waals surface area (Å²) in [6.07, 6.45) is 0. The molecule has 0 aliphatic carbocycles. The Labute approximate surface area is 98.3 Å². The van der Waals surface area contributed by atoms with Crippen LogP contribution < -0.4 is 5.32 Å². The predicted molar refractivity (Wildman–Crippen MR) is 58.3 cm³/mol. The average molecular weight is 237 g/mol. The van der Waals surface area contributed by atoms with Crippen LogP contribution in [0.1, 0.15) is 10.6 Å². The number of aromatic nitrogens is 4. The van der Waals surface area contributed by atoms with Gasteiger partial charge in [0.25, 0.3) is 11.7 Å². The van der Waals surface area contributed by atoms with Crippen LogP contribution in [0.4, 0.5) is 0 Å². The Morgan fingerprint density at radius 2 is 2.06 bits per heavy atom. The molecule has 2 N–H and O–H groups in total. The van der Waals surface area contributed by atoms with E-state index in [-0.39, 0.29) is 11.7 Å². The van der Waals surface area contributed by atoms with E-state index in [1.807, 2.05) is 0 Å². The molecule has 1 amide bonds. The van der Waals surface area contributed by atoms with Gasteiger partial charge in [-0.2, -0.15) is 5.21 Å². The zero-order valence-corrected chi connectivity index (χ0v) is 9.46. The largest absolute Gasteiger partial charge is 0.333 e. The summed E-state index contributed by atoms with van der Waals surface area (Å²) < 4.78 is 0. The lowest BCUT2D eigenvalue weighted by atomic mass is 10.1. The number of hydrogen-bond donors (Lipinski definition) is 2. The van der Waals surface area contributed by atoms with Gasteiger partial charge < -0.3 is 10.2 Å². The Morgan fingerprint density at radius 3 is 2.71 bits per heavy atom. The van der Waals surface area contributed by atoms with Gasteiger partial charge in [0, 0.05) is 45.3 Å². The third kappa shape index (κ3) is 2.01. The van der Waals surface area contributed by atoms with Crippen LogP contribution in [0.15, 0.2) is 0 Å². The van der Waals surface area contributed by atoms with E-state index in [9.17, 15) is 4.79 Å². The summed E-state index contributed by atoms with van der Waals surface area (Å²) in [5, 5.41) is 16.4. The molecule has 2 fully saturated rings. The number of amides is 1. The molecule has 0 radical (unpaired) electrons. The van der Waals surface area contributed by atoms with E-state index in [0.29, 0.717) is 6.04 Å². The van der Waals surface area contributed by atoms with Gasteiger partial charge >= 0.3 is 0 Å². The number of H-pyrrole nitrogens is 1. The lowest BCUT2D eigenvalue weighted by molar-refractivity contribution is 0.0218. The number of hydrogen-bond acceptors (Lipinski definition) is 6. The smallest absolute Gasteiger partial charge is 0.295 e. The third-order valence-electron chi connectivity index (χ3n) is 3.35. The first kappa shape index (κ1) is 10.6. The van der Waals surface area contributed by atoms with E-state index in [1.54, 1.807) is 4.90 Å². The van der Waals surface area contributed by atoms with Crippen LogP contribution in [-0.4, -0.2) is 81.6 Å². The Kier molecular flexibility index (Phi) is 2.73. The SMILES string of the molecule is O=C(c1nn[nH]n1)N1CC(N2CCNCC2)C1. The van der Waals surface area contributed by atoms with Gasteiger partial charge in [0.2, 0.25) is 0 Å². The van der Waals surface area contributed by atoms with Crippen molar-refractivity contribution >= 4 is 5.91 Å². The molecule has 2 aliphatic heterocycles. The summed E-state index contributed by atoms with van der Waals surface area (Å²) in [5.41, 5.74) is 0. The number of carbonyl (C=O) groups excluding carboxylic acids is 1. The quantitative estimate of drug-likeness (QED) is 0.614. The number of nitrogens with zero attached hydrogens (tertiary/aromatic N) is 5. The molecule has 2 saturated heterocycles. The van der Waals surface area contributed by atoms with Gasteiger partial charge in [-0.05, 0) is 5.21 Å². The summed E-state index contributed by atoms with van der Waals surface area (Å²) in [5.74, 6) is 0.0221. The molecule has 17 heavy (non-hydrogen) atoms. The minimum absolute atomic E-state index is 0.134. The first-order chi connectivity index (χ1) is 8.34. The maximum atomic E-state index is 11.8. The van der Waals surface area contributed by atoms with Crippen molar-refractivity contribution < 1.29 is 4.79 Å². The van der Waals surface area contributed by atoms with Crippen molar-refractivity contribution in [1.82, 2.24) is 35.7 Å². The average Bonchev–Trinajstić information content (AvgIpc) is 2.81. The van der Waals surface area contributed by atoms with Gasteiger partial charge in [0.05, 0.1) is 0 Å². The highest BCUT2D eigenvalue weighted by Crippen LogP contribution is 2.16. The molecule has 1 aromatic rings. The molecular weight excluding hydrogens is 222 g/mol. The molecule has 8 heteroatoms. The Bertz CT molecular complexity index is 380. The Morgan fingerprint density at radius 1 is 1.29 bits per heavy atom. The molecule has 0 saturated carbocycles. The van der Waals surface area contributed by atoms with Gasteiger partial charge in [-0.15, -0.1) is 10.2 Å². The van der Waals surface area contributed by atoms with Crippen LogP contribution in [0.2, 0.25) is 0 Å². The summed E-state index contributed by atoms with van der Waals surface area (Å²) in [6, 6.07) is 0.493.